The smallest absolute Gasteiger partial charge is 0.118 e. The molecule has 0 spiro atoms. The average Bonchev–Trinajstić information content (AvgIpc) is 2.94. The highest BCUT2D eigenvalue weighted by molar-refractivity contribution is 7.85. The molecule has 2 heterocycles. The lowest BCUT2D eigenvalue weighted by Gasteiger charge is -2.30. The Morgan fingerprint density at radius 2 is 2.05 bits per heavy atom. The summed E-state index contributed by atoms with van der Waals surface area (Å²) in [6, 6.07) is 4.83. The van der Waals surface area contributed by atoms with E-state index in [-0.39, 0.29) is 0 Å². The van der Waals surface area contributed by atoms with Crippen LogP contribution in [0.5, 0.6) is 0 Å². The maximum absolute atomic E-state index is 11.4. The van der Waals surface area contributed by atoms with Gasteiger partial charge in [0, 0.05) is 34.3 Å². The van der Waals surface area contributed by atoms with Crippen molar-refractivity contribution in [2.24, 2.45) is 5.92 Å². The zero-order chi connectivity index (χ0) is 13.4. The Morgan fingerprint density at radius 3 is 2.68 bits per heavy atom. The molecule has 0 aromatic carbocycles. The molecule has 106 valence electrons. The number of furan rings is 1. The molecule has 0 unspecified atom stereocenters. The van der Waals surface area contributed by atoms with E-state index in [9.17, 15) is 4.21 Å². The van der Waals surface area contributed by atoms with Crippen molar-refractivity contribution in [2.45, 2.75) is 44.7 Å². The van der Waals surface area contributed by atoms with E-state index in [1.165, 1.54) is 12.2 Å². The second-order valence-corrected chi connectivity index (χ2v) is 7.81. The largest absolute Gasteiger partial charge is 0.464 e. The van der Waals surface area contributed by atoms with Gasteiger partial charge in [-0.1, -0.05) is 6.92 Å². The van der Waals surface area contributed by atoms with Crippen molar-refractivity contribution < 1.29 is 8.63 Å². The first kappa shape index (κ1) is 13.4. The molecule has 2 atom stereocenters. The minimum Gasteiger partial charge on any atom is -0.464 e. The SMILES string of the molecule is C[C@H]1C[C@H]1c1ccc(CN(C)C2CCS(=O)CC2)o1. The molecule has 0 radical (unpaired) electrons. The van der Waals surface area contributed by atoms with E-state index in [1.54, 1.807) is 0 Å². The molecule has 0 N–H and O–H groups in total. The summed E-state index contributed by atoms with van der Waals surface area (Å²) in [6.45, 7) is 3.15. The fourth-order valence-corrected chi connectivity index (χ4v) is 4.27. The van der Waals surface area contributed by atoms with Crippen molar-refractivity contribution in [3.63, 3.8) is 0 Å². The lowest BCUT2D eigenvalue weighted by atomic mass is 10.1. The van der Waals surface area contributed by atoms with Crippen LogP contribution in [0.1, 0.15) is 43.6 Å². The lowest BCUT2D eigenvalue weighted by Crippen LogP contribution is -2.36. The van der Waals surface area contributed by atoms with E-state index in [0.29, 0.717) is 12.0 Å². The van der Waals surface area contributed by atoms with Crippen LogP contribution in [-0.4, -0.2) is 33.7 Å². The van der Waals surface area contributed by atoms with Crippen molar-refractivity contribution in [3.8, 4) is 0 Å². The van der Waals surface area contributed by atoms with E-state index < -0.39 is 10.8 Å². The second kappa shape index (κ2) is 5.41. The highest BCUT2D eigenvalue weighted by Crippen LogP contribution is 2.47. The predicted molar refractivity (Wildman–Crippen MR) is 77.6 cm³/mol. The van der Waals surface area contributed by atoms with Gasteiger partial charge in [0.1, 0.15) is 11.5 Å². The maximum atomic E-state index is 11.4. The van der Waals surface area contributed by atoms with Gasteiger partial charge in [-0.3, -0.25) is 9.11 Å². The molecule has 19 heavy (non-hydrogen) atoms. The molecular weight excluding hydrogens is 258 g/mol. The first-order valence-electron chi connectivity index (χ1n) is 7.27. The number of rotatable bonds is 4. The monoisotopic (exact) mass is 281 g/mol. The van der Waals surface area contributed by atoms with Gasteiger partial charge in [-0.25, -0.2) is 0 Å². The minimum atomic E-state index is -0.572. The molecule has 1 saturated carbocycles. The first-order valence-corrected chi connectivity index (χ1v) is 8.76. The molecule has 1 saturated heterocycles. The standard InChI is InChI=1S/C15H23NO2S/c1-11-9-14(11)15-4-3-13(18-15)10-16(2)12-5-7-19(17)8-6-12/h3-4,11-12,14H,5-10H2,1-2H3/t11-,12?,14+,19?/m0/s1. The highest BCUT2D eigenvalue weighted by Gasteiger charge is 2.36. The molecule has 0 bridgehead atoms. The highest BCUT2D eigenvalue weighted by atomic mass is 32.2. The van der Waals surface area contributed by atoms with E-state index in [4.69, 9.17) is 4.42 Å². The summed E-state index contributed by atoms with van der Waals surface area (Å²) in [5.41, 5.74) is 0. The van der Waals surface area contributed by atoms with Crippen molar-refractivity contribution in [1.82, 2.24) is 4.90 Å². The number of hydrogen-bond acceptors (Lipinski definition) is 3. The lowest BCUT2D eigenvalue weighted by molar-refractivity contribution is 0.202. The van der Waals surface area contributed by atoms with Crippen LogP contribution >= 0.6 is 0 Å². The number of nitrogens with zero attached hydrogens (tertiary/aromatic N) is 1. The molecule has 1 aliphatic heterocycles. The number of hydrogen-bond donors (Lipinski definition) is 0. The average molecular weight is 281 g/mol. The first-order chi connectivity index (χ1) is 9.13. The Bertz CT molecular complexity index is 460. The van der Waals surface area contributed by atoms with Crippen molar-refractivity contribution in [1.29, 1.82) is 0 Å². The summed E-state index contributed by atoms with van der Waals surface area (Å²) >= 11 is 0. The summed E-state index contributed by atoms with van der Waals surface area (Å²) in [4.78, 5) is 2.36. The molecule has 1 aliphatic carbocycles. The van der Waals surface area contributed by atoms with Gasteiger partial charge in [0.15, 0.2) is 0 Å². The third-order valence-electron chi connectivity index (χ3n) is 4.54. The van der Waals surface area contributed by atoms with Crippen molar-refractivity contribution in [2.75, 3.05) is 18.6 Å². The summed E-state index contributed by atoms with van der Waals surface area (Å²) in [6.07, 6.45) is 3.38. The molecule has 3 rings (SSSR count). The van der Waals surface area contributed by atoms with E-state index in [1.807, 2.05) is 0 Å². The zero-order valence-corrected chi connectivity index (χ0v) is 12.6. The normalized spacial score (nSPS) is 34.7. The van der Waals surface area contributed by atoms with E-state index in [2.05, 4.69) is 31.0 Å². The fourth-order valence-electron chi connectivity index (χ4n) is 2.99. The van der Waals surface area contributed by atoms with Gasteiger partial charge >= 0.3 is 0 Å². The summed E-state index contributed by atoms with van der Waals surface area (Å²) < 4.78 is 17.3. The molecule has 1 aromatic rings. The fraction of sp³-hybridized carbons (Fsp3) is 0.733. The van der Waals surface area contributed by atoms with Crippen LogP contribution in [0.25, 0.3) is 0 Å². The quantitative estimate of drug-likeness (QED) is 0.851. The molecule has 2 aliphatic rings. The Labute approximate surface area is 117 Å². The molecular formula is C15H23NO2S. The molecule has 3 nitrogen and oxygen atoms in total. The van der Waals surface area contributed by atoms with Crippen LogP contribution < -0.4 is 0 Å². The third-order valence-corrected chi connectivity index (χ3v) is 5.93. The minimum absolute atomic E-state index is 0.561. The van der Waals surface area contributed by atoms with Crippen LogP contribution in [0.3, 0.4) is 0 Å². The summed E-state index contributed by atoms with van der Waals surface area (Å²) in [7, 11) is 1.58. The van der Waals surface area contributed by atoms with Gasteiger partial charge in [-0.05, 0) is 44.4 Å². The Kier molecular flexibility index (Phi) is 3.81. The second-order valence-electron chi connectivity index (χ2n) is 6.12. The van der Waals surface area contributed by atoms with Crippen molar-refractivity contribution >= 4 is 10.8 Å². The molecule has 0 amide bonds. The van der Waals surface area contributed by atoms with Crippen LogP contribution in [0.4, 0.5) is 0 Å². The Hall–Kier alpha value is -0.610. The maximum Gasteiger partial charge on any atom is 0.118 e. The van der Waals surface area contributed by atoms with Gasteiger partial charge < -0.3 is 4.42 Å². The topological polar surface area (TPSA) is 33.5 Å². The zero-order valence-electron chi connectivity index (χ0n) is 11.8. The van der Waals surface area contributed by atoms with Gasteiger partial charge in [-0.2, -0.15) is 0 Å². The molecule has 1 aromatic heterocycles. The predicted octanol–water partition coefficient (Wildman–Crippen LogP) is 2.75. The molecule has 2 fully saturated rings. The van der Waals surface area contributed by atoms with Crippen LogP contribution in [-0.2, 0) is 17.3 Å². The summed E-state index contributed by atoms with van der Waals surface area (Å²) in [5.74, 6) is 5.42. The van der Waals surface area contributed by atoms with E-state index in [0.717, 1.165) is 42.6 Å². The van der Waals surface area contributed by atoms with Crippen LogP contribution in [0.2, 0.25) is 0 Å². The van der Waals surface area contributed by atoms with Crippen LogP contribution in [0.15, 0.2) is 16.5 Å². The van der Waals surface area contributed by atoms with Gasteiger partial charge in [-0.15, -0.1) is 0 Å². The Balaban J connectivity index is 1.55. The summed E-state index contributed by atoms with van der Waals surface area (Å²) in [5, 5.41) is 0. The Morgan fingerprint density at radius 1 is 1.37 bits per heavy atom. The third kappa shape index (κ3) is 3.11. The van der Waals surface area contributed by atoms with Gasteiger partial charge in [0.05, 0.1) is 6.54 Å². The van der Waals surface area contributed by atoms with Crippen LogP contribution in [0, 0.1) is 5.92 Å². The van der Waals surface area contributed by atoms with E-state index >= 15 is 0 Å². The molecule has 4 heteroatoms. The van der Waals surface area contributed by atoms with Crippen molar-refractivity contribution in [3.05, 3.63) is 23.7 Å². The van der Waals surface area contributed by atoms with Gasteiger partial charge in [0.25, 0.3) is 0 Å². The van der Waals surface area contributed by atoms with Gasteiger partial charge in [0.2, 0.25) is 0 Å².